The quantitative estimate of drug-likeness (QED) is 0.746. The number of carbonyl (C=O) groups is 1. The summed E-state index contributed by atoms with van der Waals surface area (Å²) < 4.78 is 0. The van der Waals surface area contributed by atoms with Crippen molar-refractivity contribution in [2.24, 2.45) is 0 Å². The molecule has 1 aromatic heterocycles. The highest BCUT2D eigenvalue weighted by Crippen LogP contribution is 2.15. The third-order valence-electron chi connectivity index (χ3n) is 1.82. The van der Waals surface area contributed by atoms with Crippen LogP contribution in [0.4, 0.5) is 5.82 Å². The van der Waals surface area contributed by atoms with Crippen LogP contribution in [-0.2, 0) is 0 Å². The van der Waals surface area contributed by atoms with Gasteiger partial charge in [-0.2, -0.15) is 0 Å². The fourth-order valence-corrected chi connectivity index (χ4v) is 1.08. The van der Waals surface area contributed by atoms with Gasteiger partial charge >= 0.3 is 5.97 Å². The predicted molar refractivity (Wildman–Crippen MR) is 61.8 cm³/mol. The van der Waals surface area contributed by atoms with Gasteiger partial charge in [-0.05, 0) is 0 Å². The minimum absolute atomic E-state index is 0.113. The number of nitrogens with two attached hydrogens (primary N) is 1. The van der Waals surface area contributed by atoms with Crippen LogP contribution in [0, 0.1) is 0 Å². The van der Waals surface area contributed by atoms with Gasteiger partial charge in [0.05, 0.1) is 11.9 Å². The fraction of sp³-hybridized carbons (Fsp3) is 0. The molecule has 0 saturated heterocycles. The van der Waals surface area contributed by atoms with Gasteiger partial charge in [0.25, 0.3) is 0 Å². The van der Waals surface area contributed by atoms with Gasteiger partial charge in [-0.15, -0.1) is 0 Å². The molecular formula is C11H11N3O2. The number of nitrogen functional groups attached to an aromatic ring is 1. The number of carboxylic acid groups (broad SMARTS) is 1. The molecule has 0 radical (unpaired) electrons. The Balaban J connectivity index is 3.31. The summed E-state index contributed by atoms with van der Waals surface area (Å²) in [7, 11) is 0. The third kappa shape index (κ3) is 2.33. The van der Waals surface area contributed by atoms with Gasteiger partial charge in [0.15, 0.2) is 11.5 Å². The van der Waals surface area contributed by atoms with Gasteiger partial charge in [0.1, 0.15) is 0 Å². The van der Waals surface area contributed by atoms with E-state index < -0.39 is 5.97 Å². The Morgan fingerprint density at radius 2 is 2.19 bits per heavy atom. The van der Waals surface area contributed by atoms with Crippen molar-refractivity contribution in [1.82, 2.24) is 9.97 Å². The zero-order valence-corrected chi connectivity index (χ0v) is 8.55. The number of hydrogen-bond acceptors (Lipinski definition) is 4. The lowest BCUT2D eigenvalue weighted by Gasteiger charge is -2.03. The first-order chi connectivity index (χ1) is 7.60. The Morgan fingerprint density at radius 3 is 2.69 bits per heavy atom. The monoisotopic (exact) mass is 217 g/mol. The van der Waals surface area contributed by atoms with E-state index in [0.29, 0.717) is 11.3 Å². The van der Waals surface area contributed by atoms with Crippen LogP contribution < -0.4 is 5.73 Å². The molecule has 0 fully saturated rings. The van der Waals surface area contributed by atoms with Gasteiger partial charge in [-0.3, -0.25) is 0 Å². The van der Waals surface area contributed by atoms with Crippen molar-refractivity contribution >= 4 is 17.4 Å². The first-order valence-corrected chi connectivity index (χ1v) is 4.41. The summed E-state index contributed by atoms with van der Waals surface area (Å²) in [6.45, 7) is 7.13. The molecule has 0 amide bonds. The van der Waals surface area contributed by atoms with E-state index >= 15 is 0 Å². The summed E-state index contributed by atoms with van der Waals surface area (Å²) in [5.41, 5.74) is 6.14. The van der Waals surface area contributed by atoms with Crippen molar-refractivity contribution in [3.8, 4) is 0 Å². The van der Waals surface area contributed by atoms with Crippen LogP contribution in [-0.4, -0.2) is 21.0 Å². The van der Waals surface area contributed by atoms with E-state index in [0.717, 1.165) is 0 Å². The number of aromatic carboxylic acids is 1. The largest absolute Gasteiger partial charge is 0.476 e. The minimum Gasteiger partial charge on any atom is -0.476 e. The molecule has 0 aliphatic rings. The van der Waals surface area contributed by atoms with Crippen LogP contribution in [0.25, 0.3) is 5.57 Å². The van der Waals surface area contributed by atoms with Gasteiger partial charge in [0.2, 0.25) is 0 Å². The number of rotatable bonds is 4. The molecule has 0 atom stereocenters. The van der Waals surface area contributed by atoms with Crippen molar-refractivity contribution in [1.29, 1.82) is 0 Å². The van der Waals surface area contributed by atoms with Crippen molar-refractivity contribution in [3.05, 3.63) is 49.0 Å². The highest BCUT2D eigenvalue weighted by Gasteiger charge is 2.12. The van der Waals surface area contributed by atoms with Crippen LogP contribution in [0.3, 0.4) is 0 Å². The molecule has 16 heavy (non-hydrogen) atoms. The van der Waals surface area contributed by atoms with Crippen LogP contribution in [0.2, 0.25) is 0 Å². The summed E-state index contributed by atoms with van der Waals surface area (Å²) in [5.74, 6) is -1.33. The van der Waals surface area contributed by atoms with Crippen LogP contribution in [0.5, 0.6) is 0 Å². The summed E-state index contributed by atoms with van der Waals surface area (Å²) in [6, 6.07) is 0. The van der Waals surface area contributed by atoms with Crippen LogP contribution in [0.1, 0.15) is 16.2 Å². The summed E-state index contributed by atoms with van der Waals surface area (Å²) in [6.07, 6.45) is 6.13. The Bertz CT molecular complexity index is 478. The number of aromatic nitrogens is 2. The van der Waals surface area contributed by atoms with Gasteiger partial charge in [-0.25, -0.2) is 14.8 Å². The van der Waals surface area contributed by atoms with E-state index in [1.54, 1.807) is 12.2 Å². The average Bonchev–Trinajstić information content (AvgIpc) is 2.26. The minimum atomic E-state index is -1.21. The van der Waals surface area contributed by atoms with Gasteiger partial charge < -0.3 is 10.8 Å². The topological polar surface area (TPSA) is 89.1 Å². The third-order valence-corrected chi connectivity index (χ3v) is 1.82. The first-order valence-electron chi connectivity index (χ1n) is 4.41. The van der Waals surface area contributed by atoms with E-state index in [4.69, 9.17) is 10.8 Å². The van der Waals surface area contributed by atoms with Crippen molar-refractivity contribution in [3.63, 3.8) is 0 Å². The zero-order valence-electron chi connectivity index (χ0n) is 8.55. The number of carboxylic acids is 1. The summed E-state index contributed by atoms with van der Waals surface area (Å²) in [4.78, 5) is 18.4. The molecular weight excluding hydrogens is 206 g/mol. The lowest BCUT2D eigenvalue weighted by Crippen LogP contribution is -2.09. The highest BCUT2D eigenvalue weighted by atomic mass is 16.4. The molecule has 1 rings (SSSR count). The number of anilines is 1. The SMILES string of the molecule is C=C/C=C(\C=C)c1cnc(N)c(C(=O)O)n1. The molecule has 0 saturated carbocycles. The molecule has 1 aromatic rings. The molecule has 0 unspecified atom stereocenters. The second-order valence-corrected chi connectivity index (χ2v) is 2.86. The molecule has 5 nitrogen and oxygen atoms in total. The van der Waals surface area contributed by atoms with Crippen molar-refractivity contribution in [2.75, 3.05) is 5.73 Å². The predicted octanol–water partition coefficient (Wildman–Crippen LogP) is 1.51. The maximum absolute atomic E-state index is 10.8. The Labute approximate surface area is 92.7 Å². The number of nitrogens with zero attached hydrogens (tertiary/aromatic N) is 2. The molecule has 82 valence electrons. The van der Waals surface area contributed by atoms with Crippen LogP contribution in [0.15, 0.2) is 37.6 Å². The fourth-order valence-electron chi connectivity index (χ4n) is 1.08. The van der Waals surface area contributed by atoms with E-state index in [-0.39, 0.29) is 11.5 Å². The lowest BCUT2D eigenvalue weighted by molar-refractivity contribution is 0.0691. The number of allylic oxidation sites excluding steroid dienone is 4. The molecule has 0 aliphatic carbocycles. The molecule has 3 N–H and O–H groups in total. The zero-order chi connectivity index (χ0) is 12.1. The Morgan fingerprint density at radius 1 is 1.50 bits per heavy atom. The van der Waals surface area contributed by atoms with Crippen LogP contribution >= 0.6 is 0 Å². The molecule has 0 spiro atoms. The average molecular weight is 217 g/mol. The molecule has 0 bridgehead atoms. The molecule has 1 heterocycles. The van der Waals surface area contributed by atoms with Gasteiger partial charge in [0, 0.05) is 5.57 Å². The van der Waals surface area contributed by atoms with Crippen molar-refractivity contribution < 1.29 is 9.90 Å². The second kappa shape index (κ2) is 4.88. The summed E-state index contributed by atoms with van der Waals surface area (Å²) >= 11 is 0. The maximum Gasteiger partial charge on any atom is 0.358 e. The molecule has 5 heteroatoms. The highest BCUT2D eigenvalue weighted by molar-refractivity contribution is 5.90. The molecule has 0 aliphatic heterocycles. The smallest absolute Gasteiger partial charge is 0.358 e. The normalized spacial score (nSPS) is 10.9. The standard InChI is InChI=1S/C11H11N3O2/c1-3-5-7(4-2)8-6-13-10(12)9(14-8)11(15)16/h3-6H,1-2H2,(H2,12,13)(H,15,16)/b7-5+. The maximum atomic E-state index is 10.8. The van der Waals surface area contributed by atoms with E-state index in [2.05, 4.69) is 23.1 Å². The van der Waals surface area contributed by atoms with Gasteiger partial charge in [-0.1, -0.05) is 31.4 Å². The van der Waals surface area contributed by atoms with Crippen molar-refractivity contribution in [2.45, 2.75) is 0 Å². The summed E-state index contributed by atoms with van der Waals surface area (Å²) in [5, 5.41) is 8.83. The Hall–Kier alpha value is -2.43. The first kappa shape index (κ1) is 11.6. The van der Waals surface area contributed by atoms with E-state index in [1.165, 1.54) is 12.3 Å². The van der Waals surface area contributed by atoms with E-state index in [1.807, 2.05) is 0 Å². The number of hydrogen-bond donors (Lipinski definition) is 2. The van der Waals surface area contributed by atoms with E-state index in [9.17, 15) is 4.79 Å². The lowest BCUT2D eigenvalue weighted by atomic mass is 10.2. The molecule has 0 aromatic carbocycles. The second-order valence-electron chi connectivity index (χ2n) is 2.86. The Kier molecular flexibility index (Phi) is 3.55.